The maximum Gasteiger partial charge on any atom is 0.224 e. The SMILES string of the molecule is NC1CC12CC(NC(=O)Cc1coc3c(F)c(F)ccc13)C2. The fraction of sp³-hybridized carbons (Fsp3) is 0.438. The first-order chi connectivity index (χ1) is 10.5. The summed E-state index contributed by atoms with van der Waals surface area (Å²) in [5, 5.41) is 3.39. The molecule has 2 aliphatic carbocycles. The second-order valence-corrected chi connectivity index (χ2v) is 6.52. The number of nitrogens with one attached hydrogen (secondary N) is 1. The smallest absolute Gasteiger partial charge is 0.224 e. The average Bonchev–Trinajstić information content (AvgIpc) is 2.92. The normalized spacial score (nSPS) is 29.6. The van der Waals surface area contributed by atoms with Crippen molar-refractivity contribution < 1.29 is 18.0 Å². The minimum atomic E-state index is -1.02. The van der Waals surface area contributed by atoms with Crippen LogP contribution in [-0.4, -0.2) is 18.0 Å². The first kappa shape index (κ1) is 13.7. The van der Waals surface area contributed by atoms with Crippen molar-refractivity contribution in [1.29, 1.82) is 0 Å². The second kappa shape index (κ2) is 4.52. The molecule has 1 heterocycles. The molecule has 1 unspecified atom stereocenters. The summed E-state index contributed by atoms with van der Waals surface area (Å²) in [6, 6.07) is 2.94. The van der Waals surface area contributed by atoms with Crippen molar-refractivity contribution in [2.24, 2.45) is 11.1 Å². The van der Waals surface area contributed by atoms with Gasteiger partial charge in [-0.25, -0.2) is 4.39 Å². The van der Waals surface area contributed by atoms with Gasteiger partial charge >= 0.3 is 0 Å². The number of nitrogens with two attached hydrogens (primary N) is 1. The molecule has 22 heavy (non-hydrogen) atoms. The van der Waals surface area contributed by atoms with Crippen LogP contribution in [0.2, 0.25) is 0 Å². The molecule has 1 spiro atoms. The molecule has 2 saturated carbocycles. The zero-order chi connectivity index (χ0) is 15.5. The molecule has 0 bridgehead atoms. The Balaban J connectivity index is 1.43. The van der Waals surface area contributed by atoms with Crippen molar-refractivity contribution >= 4 is 16.9 Å². The van der Waals surface area contributed by atoms with Crippen LogP contribution in [0.3, 0.4) is 0 Å². The van der Waals surface area contributed by atoms with Crippen molar-refractivity contribution in [3.63, 3.8) is 0 Å². The quantitative estimate of drug-likeness (QED) is 0.914. The highest BCUT2D eigenvalue weighted by Gasteiger charge is 2.60. The number of carbonyl (C=O) groups is 1. The summed E-state index contributed by atoms with van der Waals surface area (Å²) in [6.07, 6.45) is 4.33. The molecule has 3 N–H and O–H groups in total. The highest BCUT2D eigenvalue weighted by molar-refractivity contribution is 5.88. The predicted octanol–water partition coefficient (Wildman–Crippen LogP) is 2.25. The summed E-state index contributed by atoms with van der Waals surface area (Å²) < 4.78 is 31.8. The molecular formula is C16H16F2N2O2. The molecule has 4 rings (SSSR count). The Morgan fingerprint density at radius 3 is 2.77 bits per heavy atom. The summed E-state index contributed by atoms with van der Waals surface area (Å²) in [5.41, 5.74) is 6.56. The van der Waals surface area contributed by atoms with Crippen molar-refractivity contribution in [2.75, 3.05) is 0 Å². The van der Waals surface area contributed by atoms with Gasteiger partial charge in [0.1, 0.15) is 0 Å². The molecular weight excluding hydrogens is 290 g/mol. The van der Waals surface area contributed by atoms with Crippen molar-refractivity contribution in [1.82, 2.24) is 5.32 Å². The minimum absolute atomic E-state index is 0.0909. The van der Waals surface area contributed by atoms with Crippen LogP contribution in [0.4, 0.5) is 8.78 Å². The van der Waals surface area contributed by atoms with Gasteiger partial charge in [-0.1, -0.05) is 0 Å². The highest BCUT2D eigenvalue weighted by Crippen LogP contribution is 2.59. The van der Waals surface area contributed by atoms with Crippen LogP contribution in [0.15, 0.2) is 22.8 Å². The Labute approximate surface area is 125 Å². The third-order valence-corrected chi connectivity index (χ3v) is 4.99. The molecule has 1 aromatic carbocycles. The third kappa shape index (κ3) is 2.01. The van der Waals surface area contributed by atoms with E-state index in [0.717, 1.165) is 25.3 Å². The number of hydrogen-bond acceptors (Lipinski definition) is 3. The lowest BCUT2D eigenvalue weighted by Crippen LogP contribution is -2.47. The molecule has 0 aliphatic heterocycles. The van der Waals surface area contributed by atoms with Crippen LogP contribution in [-0.2, 0) is 11.2 Å². The summed E-state index contributed by atoms with van der Waals surface area (Å²) in [4.78, 5) is 12.1. The van der Waals surface area contributed by atoms with E-state index in [1.165, 1.54) is 12.3 Å². The van der Waals surface area contributed by atoms with Gasteiger partial charge in [0.2, 0.25) is 11.7 Å². The average molecular weight is 306 g/mol. The van der Waals surface area contributed by atoms with Gasteiger partial charge in [0, 0.05) is 23.0 Å². The Kier molecular flexibility index (Phi) is 2.81. The second-order valence-electron chi connectivity index (χ2n) is 6.52. The fourth-order valence-electron chi connectivity index (χ4n) is 3.55. The van der Waals surface area contributed by atoms with E-state index in [0.29, 0.717) is 10.9 Å². The number of halogens is 2. The van der Waals surface area contributed by atoms with E-state index in [-0.39, 0.29) is 35.4 Å². The third-order valence-electron chi connectivity index (χ3n) is 4.99. The van der Waals surface area contributed by atoms with E-state index < -0.39 is 11.6 Å². The first-order valence-electron chi connectivity index (χ1n) is 7.37. The molecule has 6 heteroatoms. The van der Waals surface area contributed by atoms with Gasteiger partial charge in [-0.3, -0.25) is 4.79 Å². The van der Waals surface area contributed by atoms with Gasteiger partial charge in [0.05, 0.1) is 12.7 Å². The lowest BCUT2D eigenvalue weighted by Gasteiger charge is -2.37. The molecule has 1 amide bonds. The van der Waals surface area contributed by atoms with E-state index in [9.17, 15) is 13.6 Å². The number of carbonyl (C=O) groups excluding carboxylic acids is 1. The minimum Gasteiger partial charge on any atom is -0.461 e. The summed E-state index contributed by atoms with van der Waals surface area (Å²) >= 11 is 0. The molecule has 2 aromatic rings. The van der Waals surface area contributed by atoms with Gasteiger partial charge < -0.3 is 15.5 Å². The zero-order valence-corrected chi connectivity index (χ0v) is 11.9. The van der Waals surface area contributed by atoms with Crippen LogP contribution in [0.1, 0.15) is 24.8 Å². The number of rotatable bonds is 3. The van der Waals surface area contributed by atoms with Crippen LogP contribution in [0.5, 0.6) is 0 Å². The maximum atomic E-state index is 13.6. The van der Waals surface area contributed by atoms with Crippen molar-refractivity contribution in [2.45, 2.75) is 37.8 Å². The summed E-state index contributed by atoms with van der Waals surface area (Å²) in [6.45, 7) is 0. The number of amides is 1. The topological polar surface area (TPSA) is 68.3 Å². The molecule has 0 saturated heterocycles. The Morgan fingerprint density at radius 2 is 2.09 bits per heavy atom. The maximum absolute atomic E-state index is 13.6. The standard InChI is InChI=1S/C16H16F2N2O2/c17-11-2-1-10-8(7-22-15(10)14(11)18)3-13(21)20-9-4-16(5-9)6-12(16)19/h1-2,7,9,12H,3-6,19H2,(H,20,21). The molecule has 0 radical (unpaired) electrons. The van der Waals surface area contributed by atoms with Crippen LogP contribution < -0.4 is 11.1 Å². The molecule has 4 nitrogen and oxygen atoms in total. The molecule has 116 valence electrons. The Bertz CT molecular complexity index is 765. The van der Waals surface area contributed by atoms with Crippen LogP contribution in [0.25, 0.3) is 11.0 Å². The fourth-order valence-corrected chi connectivity index (χ4v) is 3.55. The molecule has 1 atom stereocenters. The Hall–Kier alpha value is -1.95. The first-order valence-corrected chi connectivity index (χ1v) is 7.37. The van der Waals surface area contributed by atoms with Gasteiger partial charge in [-0.2, -0.15) is 4.39 Å². The zero-order valence-electron chi connectivity index (χ0n) is 11.9. The number of benzene rings is 1. The number of hydrogen-bond donors (Lipinski definition) is 2. The van der Waals surface area contributed by atoms with E-state index in [2.05, 4.69) is 5.32 Å². The molecule has 1 aromatic heterocycles. The Morgan fingerprint density at radius 1 is 1.36 bits per heavy atom. The summed E-state index contributed by atoms with van der Waals surface area (Å²) in [7, 11) is 0. The predicted molar refractivity (Wildman–Crippen MR) is 76.0 cm³/mol. The number of fused-ring (bicyclic) bond motifs is 1. The van der Waals surface area contributed by atoms with Gasteiger partial charge in [-0.05, 0) is 36.8 Å². The summed E-state index contributed by atoms with van der Waals surface area (Å²) in [5.74, 6) is -2.12. The molecule has 2 fully saturated rings. The van der Waals surface area contributed by atoms with Gasteiger partial charge in [0.15, 0.2) is 11.4 Å². The largest absolute Gasteiger partial charge is 0.461 e. The van der Waals surface area contributed by atoms with E-state index in [1.807, 2.05) is 0 Å². The lowest BCUT2D eigenvalue weighted by atomic mass is 9.76. The van der Waals surface area contributed by atoms with Crippen molar-refractivity contribution in [3.8, 4) is 0 Å². The van der Waals surface area contributed by atoms with E-state index in [4.69, 9.17) is 10.2 Å². The highest BCUT2D eigenvalue weighted by atomic mass is 19.2. The lowest BCUT2D eigenvalue weighted by molar-refractivity contribution is -0.122. The van der Waals surface area contributed by atoms with Gasteiger partial charge in [-0.15, -0.1) is 0 Å². The van der Waals surface area contributed by atoms with E-state index in [1.54, 1.807) is 0 Å². The van der Waals surface area contributed by atoms with Crippen molar-refractivity contribution in [3.05, 3.63) is 35.6 Å². The monoisotopic (exact) mass is 306 g/mol. The van der Waals surface area contributed by atoms with Crippen LogP contribution in [0, 0.1) is 17.0 Å². The van der Waals surface area contributed by atoms with Crippen LogP contribution >= 0.6 is 0 Å². The number of furan rings is 1. The van der Waals surface area contributed by atoms with Gasteiger partial charge in [0.25, 0.3) is 0 Å². The van der Waals surface area contributed by atoms with E-state index >= 15 is 0 Å². The molecule has 2 aliphatic rings.